The van der Waals surface area contributed by atoms with Crippen molar-refractivity contribution in [1.82, 2.24) is 9.55 Å². The summed E-state index contributed by atoms with van der Waals surface area (Å²) in [6.07, 6.45) is 2.53. The third kappa shape index (κ3) is 2.19. The Bertz CT molecular complexity index is 676. The molecule has 20 heavy (non-hydrogen) atoms. The van der Waals surface area contributed by atoms with Crippen LogP contribution in [0.15, 0.2) is 18.2 Å². The van der Waals surface area contributed by atoms with Gasteiger partial charge in [-0.1, -0.05) is 26.8 Å². The van der Waals surface area contributed by atoms with Gasteiger partial charge in [-0.15, -0.1) is 0 Å². The molecule has 0 aliphatic heterocycles. The molecule has 1 aromatic heterocycles. The summed E-state index contributed by atoms with van der Waals surface area (Å²) in [4.78, 5) is 16.0. The van der Waals surface area contributed by atoms with E-state index in [2.05, 4.69) is 30.3 Å². The fourth-order valence-electron chi connectivity index (χ4n) is 2.64. The first-order chi connectivity index (χ1) is 9.38. The molecule has 106 valence electrons. The van der Waals surface area contributed by atoms with Crippen molar-refractivity contribution >= 4 is 17.0 Å². The molecule has 3 rings (SSSR count). The predicted octanol–water partition coefficient (Wildman–Crippen LogP) is 3.44. The molecule has 1 saturated carbocycles. The maximum absolute atomic E-state index is 11.4. The first kappa shape index (κ1) is 13.2. The van der Waals surface area contributed by atoms with E-state index in [0.717, 1.165) is 23.8 Å². The van der Waals surface area contributed by atoms with Crippen LogP contribution < -0.4 is 0 Å². The molecule has 1 aromatic carbocycles. The van der Waals surface area contributed by atoms with Crippen molar-refractivity contribution in [2.45, 2.75) is 45.6 Å². The number of benzene rings is 1. The topological polar surface area (TPSA) is 55.1 Å². The summed E-state index contributed by atoms with van der Waals surface area (Å²) >= 11 is 0. The molecule has 2 aromatic rings. The van der Waals surface area contributed by atoms with Gasteiger partial charge >= 0.3 is 5.97 Å². The van der Waals surface area contributed by atoms with Crippen LogP contribution in [0.2, 0.25) is 0 Å². The molecule has 0 bridgehead atoms. The van der Waals surface area contributed by atoms with Gasteiger partial charge in [0, 0.05) is 12.0 Å². The lowest BCUT2D eigenvalue weighted by Crippen LogP contribution is -2.19. The summed E-state index contributed by atoms with van der Waals surface area (Å²) in [6, 6.07) is 5.42. The molecule has 0 unspecified atom stereocenters. The smallest absolute Gasteiger partial charge is 0.337 e. The summed E-state index contributed by atoms with van der Waals surface area (Å²) in [7, 11) is 0. The summed E-state index contributed by atoms with van der Waals surface area (Å²) in [6.45, 7) is 7.32. The fourth-order valence-corrected chi connectivity index (χ4v) is 2.64. The van der Waals surface area contributed by atoms with E-state index in [1.165, 1.54) is 12.8 Å². The highest BCUT2D eigenvalue weighted by atomic mass is 16.4. The second-order valence-electron chi connectivity index (χ2n) is 6.72. The third-order valence-electron chi connectivity index (χ3n) is 3.82. The number of aromatic nitrogens is 2. The van der Waals surface area contributed by atoms with E-state index < -0.39 is 5.97 Å². The second-order valence-corrected chi connectivity index (χ2v) is 6.72. The quantitative estimate of drug-likeness (QED) is 0.931. The Morgan fingerprint density at radius 3 is 2.65 bits per heavy atom. The molecule has 0 amide bonds. The van der Waals surface area contributed by atoms with Crippen molar-refractivity contribution in [3.8, 4) is 0 Å². The zero-order valence-corrected chi connectivity index (χ0v) is 12.2. The molecule has 1 fully saturated rings. The summed E-state index contributed by atoms with van der Waals surface area (Å²) in [5.74, 6) is 0.794. The maximum atomic E-state index is 11.4. The minimum Gasteiger partial charge on any atom is -0.478 e. The van der Waals surface area contributed by atoms with Crippen LogP contribution in [0, 0.1) is 5.92 Å². The summed E-state index contributed by atoms with van der Waals surface area (Å²) in [5, 5.41) is 9.33. The lowest BCUT2D eigenvalue weighted by molar-refractivity contribution is 0.0699. The van der Waals surface area contributed by atoms with Crippen molar-refractivity contribution in [2.24, 2.45) is 5.92 Å². The van der Waals surface area contributed by atoms with Gasteiger partial charge in [0.15, 0.2) is 0 Å². The van der Waals surface area contributed by atoms with Crippen LogP contribution >= 0.6 is 0 Å². The average Bonchev–Trinajstić information content (AvgIpc) is 3.08. The maximum Gasteiger partial charge on any atom is 0.337 e. The molecule has 0 atom stereocenters. The number of carboxylic acid groups (broad SMARTS) is 1. The van der Waals surface area contributed by atoms with Gasteiger partial charge in [0.2, 0.25) is 0 Å². The highest BCUT2D eigenvalue weighted by molar-refractivity contribution is 6.01. The Labute approximate surface area is 118 Å². The van der Waals surface area contributed by atoms with Gasteiger partial charge < -0.3 is 9.67 Å². The highest BCUT2D eigenvalue weighted by Gasteiger charge is 2.29. The van der Waals surface area contributed by atoms with E-state index in [4.69, 9.17) is 0 Å². The van der Waals surface area contributed by atoms with E-state index in [0.29, 0.717) is 11.1 Å². The Balaban J connectivity index is 2.25. The first-order valence-electron chi connectivity index (χ1n) is 7.11. The predicted molar refractivity (Wildman–Crippen MR) is 78.1 cm³/mol. The zero-order chi connectivity index (χ0) is 14.5. The number of hydrogen-bond acceptors (Lipinski definition) is 2. The number of carbonyl (C=O) groups is 1. The van der Waals surface area contributed by atoms with Crippen molar-refractivity contribution in [3.05, 3.63) is 29.6 Å². The van der Waals surface area contributed by atoms with Gasteiger partial charge in [0.25, 0.3) is 0 Å². The number of imidazole rings is 1. The Morgan fingerprint density at radius 1 is 1.40 bits per heavy atom. The molecule has 1 aliphatic rings. The SMILES string of the molecule is CC(C)(C)c1nc2c(C(=O)O)cccc2n1CC1CC1. The number of para-hydroxylation sites is 1. The van der Waals surface area contributed by atoms with Crippen molar-refractivity contribution < 1.29 is 9.90 Å². The lowest BCUT2D eigenvalue weighted by Gasteiger charge is -2.20. The van der Waals surface area contributed by atoms with Crippen LogP contribution in [-0.2, 0) is 12.0 Å². The number of rotatable bonds is 3. The van der Waals surface area contributed by atoms with Crippen LogP contribution in [-0.4, -0.2) is 20.6 Å². The molecular weight excluding hydrogens is 252 g/mol. The molecule has 1 N–H and O–H groups in total. The molecule has 4 heteroatoms. The molecule has 1 heterocycles. The van der Waals surface area contributed by atoms with Gasteiger partial charge in [-0.25, -0.2) is 9.78 Å². The van der Waals surface area contributed by atoms with E-state index in [1.54, 1.807) is 6.07 Å². The second kappa shape index (κ2) is 4.33. The van der Waals surface area contributed by atoms with Crippen LogP contribution in [0.25, 0.3) is 11.0 Å². The number of nitrogens with zero attached hydrogens (tertiary/aromatic N) is 2. The van der Waals surface area contributed by atoms with Crippen molar-refractivity contribution in [2.75, 3.05) is 0 Å². The van der Waals surface area contributed by atoms with E-state index in [1.807, 2.05) is 12.1 Å². The minimum absolute atomic E-state index is 0.0936. The van der Waals surface area contributed by atoms with Gasteiger partial charge in [-0.3, -0.25) is 0 Å². The third-order valence-corrected chi connectivity index (χ3v) is 3.82. The van der Waals surface area contributed by atoms with Crippen LogP contribution in [0.5, 0.6) is 0 Å². The molecule has 0 radical (unpaired) electrons. The summed E-state index contributed by atoms with van der Waals surface area (Å²) in [5.41, 5.74) is 1.76. The van der Waals surface area contributed by atoms with Crippen molar-refractivity contribution in [1.29, 1.82) is 0 Å². The molecular formula is C16H20N2O2. The normalized spacial score (nSPS) is 15.8. The molecule has 1 aliphatic carbocycles. The van der Waals surface area contributed by atoms with Gasteiger partial charge in [0.05, 0.1) is 11.1 Å². The lowest BCUT2D eigenvalue weighted by atomic mass is 9.95. The number of fused-ring (bicyclic) bond motifs is 1. The van der Waals surface area contributed by atoms with E-state index in [9.17, 15) is 9.90 Å². The van der Waals surface area contributed by atoms with Gasteiger partial charge in [-0.2, -0.15) is 0 Å². The summed E-state index contributed by atoms with van der Waals surface area (Å²) < 4.78 is 2.22. The van der Waals surface area contributed by atoms with Gasteiger partial charge in [-0.05, 0) is 30.9 Å². The fraction of sp³-hybridized carbons (Fsp3) is 0.500. The largest absolute Gasteiger partial charge is 0.478 e. The Hall–Kier alpha value is -1.84. The van der Waals surface area contributed by atoms with E-state index >= 15 is 0 Å². The average molecular weight is 272 g/mol. The van der Waals surface area contributed by atoms with Gasteiger partial charge in [0.1, 0.15) is 11.3 Å². The zero-order valence-electron chi connectivity index (χ0n) is 12.2. The highest BCUT2D eigenvalue weighted by Crippen LogP contribution is 2.35. The molecule has 4 nitrogen and oxygen atoms in total. The molecule has 0 saturated heterocycles. The molecule has 0 spiro atoms. The van der Waals surface area contributed by atoms with Crippen LogP contribution in [0.4, 0.5) is 0 Å². The number of carboxylic acids is 1. The Kier molecular flexibility index (Phi) is 2.85. The minimum atomic E-state index is -0.910. The van der Waals surface area contributed by atoms with Crippen molar-refractivity contribution in [3.63, 3.8) is 0 Å². The monoisotopic (exact) mass is 272 g/mol. The number of hydrogen-bond donors (Lipinski definition) is 1. The number of aromatic carboxylic acids is 1. The first-order valence-corrected chi connectivity index (χ1v) is 7.11. The van der Waals surface area contributed by atoms with Crippen LogP contribution in [0.1, 0.15) is 49.8 Å². The van der Waals surface area contributed by atoms with E-state index in [-0.39, 0.29) is 5.41 Å². The van der Waals surface area contributed by atoms with Crippen LogP contribution in [0.3, 0.4) is 0 Å². The standard InChI is InChI=1S/C16H20N2O2/c1-16(2,3)15-17-13-11(14(19)20)5-4-6-12(13)18(15)9-10-7-8-10/h4-6,10H,7-9H2,1-3H3,(H,19,20). The Morgan fingerprint density at radius 2 is 2.10 bits per heavy atom.